The minimum atomic E-state index is -3.14. The molecule has 2 unspecified atom stereocenters. The Morgan fingerprint density at radius 3 is 2.27 bits per heavy atom. The minimum absolute atomic E-state index is 0.431. The van der Waals surface area contributed by atoms with Crippen LogP contribution >= 0.6 is 16.5 Å². The van der Waals surface area contributed by atoms with Crippen LogP contribution in [-0.2, 0) is 10.0 Å². The summed E-state index contributed by atoms with van der Waals surface area (Å²) >= 11 is 0. The van der Waals surface area contributed by atoms with Gasteiger partial charge in [-0.15, -0.1) is 0 Å². The van der Waals surface area contributed by atoms with Gasteiger partial charge in [0.2, 0.25) is 10.0 Å². The maximum atomic E-state index is 10.8. The molecule has 0 rings (SSSR count). The molecular weight excluding hydrogens is 200 g/mol. The Labute approximate surface area is 71.4 Å². The number of hydrogen-bond acceptors (Lipinski definition) is 2. The van der Waals surface area contributed by atoms with Gasteiger partial charge in [-0.25, -0.2) is 12.7 Å². The molecule has 0 fully saturated rings. The predicted octanol–water partition coefficient (Wildman–Crippen LogP) is 0.698. The van der Waals surface area contributed by atoms with Gasteiger partial charge in [-0.3, -0.25) is 0 Å². The average molecular weight is 211 g/mol. The van der Waals surface area contributed by atoms with Crippen molar-refractivity contribution < 1.29 is 8.42 Å². The lowest BCUT2D eigenvalue weighted by atomic mass is 11.1. The van der Waals surface area contributed by atoms with Crippen molar-refractivity contribution >= 4 is 26.6 Å². The molecule has 0 saturated carbocycles. The quantitative estimate of drug-likeness (QED) is 0.363. The van der Waals surface area contributed by atoms with E-state index < -0.39 is 17.6 Å². The van der Waals surface area contributed by atoms with Gasteiger partial charge in [-0.1, -0.05) is 8.93 Å². The van der Waals surface area contributed by atoms with Gasteiger partial charge in [0, 0.05) is 13.1 Å². The van der Waals surface area contributed by atoms with Crippen molar-refractivity contribution in [2.45, 2.75) is 0 Å². The summed E-state index contributed by atoms with van der Waals surface area (Å²) in [5.41, 5.74) is 2.78. The van der Waals surface area contributed by atoms with Gasteiger partial charge in [0.15, 0.2) is 0 Å². The molecule has 0 aliphatic rings. The van der Waals surface area contributed by atoms with Crippen molar-refractivity contribution in [1.29, 1.82) is 0 Å². The van der Waals surface area contributed by atoms with E-state index in [0.717, 1.165) is 10.6 Å². The van der Waals surface area contributed by atoms with Crippen molar-refractivity contribution in [3.8, 4) is 11.7 Å². The van der Waals surface area contributed by atoms with Gasteiger partial charge in [0.1, 0.15) is 0 Å². The molecule has 11 heavy (non-hydrogen) atoms. The first-order valence-electron chi connectivity index (χ1n) is 2.77. The van der Waals surface area contributed by atoms with Gasteiger partial charge in [0.05, 0.1) is 6.26 Å². The van der Waals surface area contributed by atoms with Crippen LogP contribution in [0.3, 0.4) is 0 Å². The summed E-state index contributed by atoms with van der Waals surface area (Å²) in [5.74, 6) is 0. The standard InChI is InChI=1S/C5H11NO2P2S/c1-6(11(3,7)8)4-5-10(2)9/h9H2,1-3H3. The van der Waals surface area contributed by atoms with Crippen LogP contribution in [0.4, 0.5) is 0 Å². The SMILES string of the molecule is CN(C#CP(C)P)S(C)(=O)=O. The Bertz CT molecular complexity index is 275. The molecule has 0 aromatic rings. The molecule has 0 aliphatic carbocycles. The fourth-order valence-electron chi connectivity index (χ4n) is 0.232. The summed E-state index contributed by atoms with van der Waals surface area (Å²) in [6.07, 6.45) is 1.13. The molecule has 3 nitrogen and oxygen atoms in total. The summed E-state index contributed by atoms with van der Waals surface area (Å²) in [5, 5.41) is 0. The van der Waals surface area contributed by atoms with E-state index >= 15 is 0 Å². The van der Waals surface area contributed by atoms with Crippen LogP contribution in [0.5, 0.6) is 0 Å². The Morgan fingerprint density at radius 1 is 1.55 bits per heavy atom. The normalized spacial score (nSPS) is 13.1. The molecule has 0 aliphatic heterocycles. The summed E-state index contributed by atoms with van der Waals surface area (Å²) in [6, 6.07) is 2.53. The van der Waals surface area contributed by atoms with E-state index in [1.165, 1.54) is 7.05 Å². The van der Waals surface area contributed by atoms with E-state index in [2.05, 4.69) is 20.6 Å². The van der Waals surface area contributed by atoms with Crippen LogP contribution in [0.25, 0.3) is 0 Å². The fraction of sp³-hybridized carbons (Fsp3) is 0.600. The third-order valence-electron chi connectivity index (χ3n) is 0.881. The van der Waals surface area contributed by atoms with Crippen molar-refractivity contribution in [3.05, 3.63) is 0 Å². The smallest absolute Gasteiger partial charge is 0.232 e. The largest absolute Gasteiger partial charge is 0.238 e. The van der Waals surface area contributed by atoms with Crippen molar-refractivity contribution in [2.24, 2.45) is 0 Å². The first-order valence-corrected chi connectivity index (χ1v) is 8.03. The topological polar surface area (TPSA) is 37.4 Å². The van der Waals surface area contributed by atoms with Crippen LogP contribution in [-0.4, -0.2) is 32.7 Å². The van der Waals surface area contributed by atoms with Crippen LogP contribution in [0.2, 0.25) is 0 Å². The Morgan fingerprint density at radius 2 is 2.00 bits per heavy atom. The molecule has 0 aromatic carbocycles. The molecule has 0 bridgehead atoms. The van der Waals surface area contributed by atoms with Crippen LogP contribution in [0.15, 0.2) is 0 Å². The fourth-order valence-corrected chi connectivity index (χ4v) is 0.992. The second kappa shape index (κ2) is 4.26. The highest BCUT2D eigenvalue weighted by molar-refractivity contribution is 8.15. The molecule has 64 valence electrons. The highest BCUT2D eigenvalue weighted by atomic mass is 32.2. The van der Waals surface area contributed by atoms with E-state index in [0.29, 0.717) is 0 Å². The molecule has 0 spiro atoms. The highest BCUT2D eigenvalue weighted by Crippen LogP contribution is 2.37. The van der Waals surface area contributed by atoms with Crippen LogP contribution in [0.1, 0.15) is 0 Å². The van der Waals surface area contributed by atoms with Gasteiger partial charge < -0.3 is 0 Å². The van der Waals surface area contributed by atoms with E-state index in [1.54, 1.807) is 0 Å². The molecule has 0 amide bonds. The molecule has 0 saturated heterocycles. The molecule has 0 aromatic heterocycles. The van der Waals surface area contributed by atoms with Gasteiger partial charge in [-0.05, 0) is 19.9 Å². The molecule has 0 heterocycles. The van der Waals surface area contributed by atoms with E-state index in [9.17, 15) is 8.42 Å². The summed E-state index contributed by atoms with van der Waals surface area (Å²) in [7, 11) is 0.403. The lowest BCUT2D eigenvalue weighted by Crippen LogP contribution is -2.19. The summed E-state index contributed by atoms with van der Waals surface area (Å²) in [4.78, 5) is 0. The van der Waals surface area contributed by atoms with Crippen LogP contribution < -0.4 is 0 Å². The Hall–Kier alpha value is 0.170. The number of nitrogens with zero attached hydrogens (tertiary/aromatic N) is 1. The van der Waals surface area contributed by atoms with Crippen molar-refractivity contribution in [1.82, 2.24) is 4.31 Å². The molecule has 6 heteroatoms. The first-order chi connectivity index (χ1) is 4.84. The maximum Gasteiger partial charge on any atom is 0.238 e. The second-order valence-corrected chi connectivity index (χ2v) is 7.85. The Kier molecular flexibility index (Phi) is 4.32. The molecule has 2 atom stereocenters. The number of rotatable bonds is 1. The average Bonchev–Trinajstić information content (AvgIpc) is 1.80. The Balaban J connectivity index is 4.35. The number of sulfonamides is 1. The van der Waals surface area contributed by atoms with Crippen molar-refractivity contribution in [3.63, 3.8) is 0 Å². The lowest BCUT2D eigenvalue weighted by Gasteiger charge is -2.06. The van der Waals surface area contributed by atoms with Gasteiger partial charge >= 0.3 is 0 Å². The molecular formula is C5H11NO2P2S. The van der Waals surface area contributed by atoms with E-state index in [1.807, 2.05) is 6.66 Å². The third kappa shape index (κ3) is 5.44. The molecule has 0 radical (unpaired) electrons. The zero-order chi connectivity index (χ0) is 9.07. The van der Waals surface area contributed by atoms with Crippen molar-refractivity contribution in [2.75, 3.05) is 20.0 Å². The highest BCUT2D eigenvalue weighted by Gasteiger charge is 2.04. The van der Waals surface area contributed by atoms with E-state index in [-0.39, 0.29) is 0 Å². The first kappa shape index (κ1) is 11.2. The predicted molar refractivity (Wildman–Crippen MR) is 52.9 cm³/mol. The third-order valence-corrected chi connectivity index (χ3v) is 2.81. The van der Waals surface area contributed by atoms with Gasteiger partial charge in [0.25, 0.3) is 0 Å². The molecule has 0 N–H and O–H groups in total. The summed E-state index contributed by atoms with van der Waals surface area (Å²) in [6.45, 7) is 1.93. The monoisotopic (exact) mass is 211 g/mol. The minimum Gasteiger partial charge on any atom is -0.232 e. The zero-order valence-corrected chi connectivity index (χ0v) is 9.56. The van der Waals surface area contributed by atoms with Crippen LogP contribution in [0, 0.1) is 11.7 Å². The van der Waals surface area contributed by atoms with E-state index in [4.69, 9.17) is 0 Å². The lowest BCUT2D eigenvalue weighted by molar-refractivity contribution is 0.554. The maximum absolute atomic E-state index is 10.8. The van der Waals surface area contributed by atoms with Gasteiger partial charge in [-0.2, -0.15) is 0 Å². The zero-order valence-electron chi connectivity index (χ0n) is 6.70. The number of hydrogen-bond donors (Lipinski definition) is 0. The summed E-state index contributed by atoms with van der Waals surface area (Å²) < 4.78 is 22.6. The second-order valence-electron chi connectivity index (χ2n) is 2.07.